The average molecular weight is 247 g/mol. The van der Waals surface area contributed by atoms with Gasteiger partial charge in [0.05, 0.1) is 6.42 Å². The summed E-state index contributed by atoms with van der Waals surface area (Å²) in [5.74, 6) is -1.12. The van der Waals surface area contributed by atoms with E-state index < -0.39 is 17.9 Å². The molecule has 1 aliphatic heterocycles. The fourth-order valence-corrected chi connectivity index (χ4v) is 1.80. The number of aromatic nitrogens is 1. The van der Waals surface area contributed by atoms with Crippen molar-refractivity contribution in [1.82, 2.24) is 15.2 Å². The van der Waals surface area contributed by atoms with E-state index in [1.54, 1.807) is 31.5 Å². The summed E-state index contributed by atoms with van der Waals surface area (Å²) >= 11 is 0. The summed E-state index contributed by atoms with van der Waals surface area (Å²) in [5, 5.41) is 2.20. The van der Waals surface area contributed by atoms with E-state index in [1.807, 2.05) is 0 Å². The van der Waals surface area contributed by atoms with E-state index in [-0.39, 0.29) is 18.9 Å². The molecule has 0 aliphatic carbocycles. The molecule has 1 N–H and O–H groups in total. The van der Waals surface area contributed by atoms with Crippen LogP contribution in [0.1, 0.15) is 12.5 Å². The molecule has 0 saturated carbocycles. The molecule has 1 aromatic rings. The molecule has 2 rings (SSSR count). The molecule has 1 aliphatic rings. The number of pyridine rings is 1. The minimum atomic E-state index is -0.614. The van der Waals surface area contributed by atoms with Crippen LogP contribution in [0.3, 0.4) is 0 Å². The number of imide groups is 1. The second-order valence-corrected chi connectivity index (χ2v) is 4.14. The SMILES string of the molecule is CC1C(=O)NC(=O)CN1C(=O)Cc1ccncc1. The maximum Gasteiger partial charge on any atom is 0.249 e. The highest BCUT2D eigenvalue weighted by Crippen LogP contribution is 2.08. The first-order chi connectivity index (χ1) is 8.58. The lowest BCUT2D eigenvalue weighted by molar-refractivity contribution is -0.149. The topological polar surface area (TPSA) is 79.4 Å². The van der Waals surface area contributed by atoms with Crippen LogP contribution in [0.5, 0.6) is 0 Å². The number of hydrogen-bond acceptors (Lipinski definition) is 4. The molecule has 94 valence electrons. The fraction of sp³-hybridized carbons (Fsp3) is 0.333. The Kier molecular flexibility index (Phi) is 3.36. The summed E-state index contributed by atoms with van der Waals surface area (Å²) in [5.41, 5.74) is 0.806. The minimum Gasteiger partial charge on any atom is -0.321 e. The standard InChI is InChI=1S/C12H13N3O3/c1-8-12(18)14-10(16)7-15(8)11(17)6-9-2-4-13-5-3-9/h2-5,8H,6-7H2,1H3,(H,14,16,18). The van der Waals surface area contributed by atoms with Crippen molar-refractivity contribution < 1.29 is 14.4 Å². The van der Waals surface area contributed by atoms with Crippen LogP contribution in [-0.4, -0.2) is 40.2 Å². The van der Waals surface area contributed by atoms with E-state index in [2.05, 4.69) is 10.3 Å². The van der Waals surface area contributed by atoms with Gasteiger partial charge in [-0.3, -0.25) is 24.7 Å². The molecule has 1 aromatic heterocycles. The molecule has 0 bridgehead atoms. The molecule has 6 heteroatoms. The van der Waals surface area contributed by atoms with Gasteiger partial charge in [-0.1, -0.05) is 0 Å². The van der Waals surface area contributed by atoms with Crippen LogP contribution in [0.15, 0.2) is 24.5 Å². The van der Waals surface area contributed by atoms with Gasteiger partial charge in [0.15, 0.2) is 0 Å². The number of nitrogens with one attached hydrogen (secondary N) is 1. The Balaban J connectivity index is 2.08. The average Bonchev–Trinajstić information content (AvgIpc) is 2.35. The van der Waals surface area contributed by atoms with Gasteiger partial charge in [0.1, 0.15) is 12.6 Å². The normalized spacial score (nSPS) is 19.6. The summed E-state index contributed by atoms with van der Waals surface area (Å²) in [6.07, 6.45) is 3.35. The van der Waals surface area contributed by atoms with Gasteiger partial charge in [0, 0.05) is 12.4 Å². The number of rotatable bonds is 2. The van der Waals surface area contributed by atoms with Crippen LogP contribution in [0.25, 0.3) is 0 Å². The van der Waals surface area contributed by atoms with E-state index in [0.29, 0.717) is 0 Å². The van der Waals surface area contributed by atoms with Gasteiger partial charge >= 0.3 is 0 Å². The number of hydrogen-bond donors (Lipinski definition) is 1. The molecule has 1 unspecified atom stereocenters. The van der Waals surface area contributed by atoms with Crippen molar-refractivity contribution in [2.75, 3.05) is 6.54 Å². The Labute approximate surface area is 104 Å². The van der Waals surface area contributed by atoms with Crippen LogP contribution in [0.4, 0.5) is 0 Å². The molecule has 1 atom stereocenters. The summed E-state index contributed by atoms with van der Waals surface area (Å²) in [7, 11) is 0. The Hall–Kier alpha value is -2.24. The zero-order chi connectivity index (χ0) is 13.1. The van der Waals surface area contributed by atoms with E-state index >= 15 is 0 Å². The molecular formula is C12H13N3O3. The minimum absolute atomic E-state index is 0.0726. The largest absolute Gasteiger partial charge is 0.321 e. The van der Waals surface area contributed by atoms with Crippen LogP contribution in [-0.2, 0) is 20.8 Å². The van der Waals surface area contributed by atoms with Gasteiger partial charge in [-0.05, 0) is 24.6 Å². The third kappa shape index (κ3) is 2.53. The summed E-state index contributed by atoms with van der Waals surface area (Å²) in [6, 6.07) is 2.85. The van der Waals surface area contributed by atoms with E-state index in [0.717, 1.165) is 5.56 Å². The van der Waals surface area contributed by atoms with Gasteiger partial charge in [-0.15, -0.1) is 0 Å². The Morgan fingerprint density at radius 1 is 1.44 bits per heavy atom. The molecule has 1 saturated heterocycles. The third-order valence-electron chi connectivity index (χ3n) is 2.85. The van der Waals surface area contributed by atoms with Crippen molar-refractivity contribution in [3.05, 3.63) is 30.1 Å². The third-order valence-corrected chi connectivity index (χ3v) is 2.85. The highest BCUT2D eigenvalue weighted by molar-refractivity contribution is 6.04. The fourth-order valence-electron chi connectivity index (χ4n) is 1.80. The number of carbonyl (C=O) groups excluding carboxylic acids is 3. The van der Waals surface area contributed by atoms with Gasteiger partial charge in [0.25, 0.3) is 0 Å². The summed E-state index contributed by atoms with van der Waals surface area (Å²) < 4.78 is 0. The van der Waals surface area contributed by atoms with Gasteiger partial charge < -0.3 is 4.90 Å². The lowest BCUT2D eigenvalue weighted by atomic mass is 10.1. The maximum absolute atomic E-state index is 12.0. The van der Waals surface area contributed by atoms with E-state index in [1.165, 1.54) is 4.90 Å². The molecular weight excluding hydrogens is 234 g/mol. The highest BCUT2D eigenvalue weighted by atomic mass is 16.2. The first kappa shape index (κ1) is 12.2. The van der Waals surface area contributed by atoms with Crippen molar-refractivity contribution in [3.63, 3.8) is 0 Å². The lowest BCUT2D eigenvalue weighted by Crippen LogP contribution is -2.58. The molecule has 0 aromatic carbocycles. The summed E-state index contributed by atoms with van der Waals surface area (Å²) in [6.45, 7) is 1.53. The number of piperazine rings is 1. The van der Waals surface area contributed by atoms with Gasteiger partial charge in [-0.2, -0.15) is 0 Å². The monoisotopic (exact) mass is 247 g/mol. The number of nitrogens with zero attached hydrogens (tertiary/aromatic N) is 2. The predicted octanol–water partition coefficient (Wildman–Crippen LogP) is -0.502. The van der Waals surface area contributed by atoms with Crippen molar-refractivity contribution in [1.29, 1.82) is 0 Å². The lowest BCUT2D eigenvalue weighted by Gasteiger charge is -2.31. The van der Waals surface area contributed by atoms with E-state index in [4.69, 9.17) is 0 Å². The van der Waals surface area contributed by atoms with Crippen molar-refractivity contribution >= 4 is 17.7 Å². The van der Waals surface area contributed by atoms with Crippen LogP contribution >= 0.6 is 0 Å². The Bertz CT molecular complexity index is 487. The second-order valence-electron chi connectivity index (χ2n) is 4.14. The molecule has 3 amide bonds. The molecule has 1 fully saturated rings. The zero-order valence-electron chi connectivity index (χ0n) is 9.92. The highest BCUT2D eigenvalue weighted by Gasteiger charge is 2.33. The van der Waals surface area contributed by atoms with Crippen molar-refractivity contribution in [2.45, 2.75) is 19.4 Å². The number of carbonyl (C=O) groups is 3. The quantitative estimate of drug-likeness (QED) is 0.714. The van der Waals surface area contributed by atoms with Crippen LogP contribution in [0, 0.1) is 0 Å². The van der Waals surface area contributed by atoms with Gasteiger partial charge in [0.2, 0.25) is 17.7 Å². The first-order valence-electron chi connectivity index (χ1n) is 5.60. The molecule has 18 heavy (non-hydrogen) atoms. The maximum atomic E-state index is 12.0. The predicted molar refractivity (Wildman–Crippen MR) is 62.3 cm³/mol. The molecule has 0 spiro atoms. The van der Waals surface area contributed by atoms with Crippen LogP contribution in [0.2, 0.25) is 0 Å². The van der Waals surface area contributed by atoms with E-state index in [9.17, 15) is 14.4 Å². The molecule has 2 heterocycles. The Morgan fingerprint density at radius 3 is 2.78 bits per heavy atom. The Morgan fingerprint density at radius 2 is 2.11 bits per heavy atom. The number of amides is 3. The first-order valence-corrected chi connectivity index (χ1v) is 5.60. The smallest absolute Gasteiger partial charge is 0.249 e. The molecule has 0 radical (unpaired) electrons. The summed E-state index contributed by atoms with van der Waals surface area (Å²) in [4.78, 5) is 39.9. The van der Waals surface area contributed by atoms with Gasteiger partial charge in [-0.25, -0.2) is 0 Å². The molecule has 6 nitrogen and oxygen atoms in total. The van der Waals surface area contributed by atoms with Crippen molar-refractivity contribution in [2.24, 2.45) is 0 Å². The second kappa shape index (κ2) is 4.95. The zero-order valence-corrected chi connectivity index (χ0v) is 9.92. The van der Waals surface area contributed by atoms with Crippen molar-refractivity contribution in [3.8, 4) is 0 Å². The van der Waals surface area contributed by atoms with Crippen LogP contribution < -0.4 is 5.32 Å².